The summed E-state index contributed by atoms with van der Waals surface area (Å²) in [5, 5.41) is 2.80. The lowest BCUT2D eigenvalue weighted by Gasteiger charge is -2.07. The van der Waals surface area contributed by atoms with Crippen LogP contribution in [0.25, 0.3) is 6.08 Å². The zero-order chi connectivity index (χ0) is 17.2. The molecule has 0 radical (unpaired) electrons. The van der Waals surface area contributed by atoms with Gasteiger partial charge < -0.3 is 19.5 Å². The molecule has 0 saturated heterocycles. The minimum atomic E-state index is -0.195. The van der Waals surface area contributed by atoms with Gasteiger partial charge in [0.2, 0.25) is 5.91 Å². The van der Waals surface area contributed by atoms with Crippen molar-refractivity contribution in [3.8, 4) is 11.5 Å². The predicted molar refractivity (Wildman–Crippen MR) is 94.5 cm³/mol. The molecule has 1 amide bonds. The summed E-state index contributed by atoms with van der Waals surface area (Å²) in [5.74, 6) is 1.32. The van der Waals surface area contributed by atoms with Crippen molar-refractivity contribution in [2.75, 3.05) is 32.8 Å². The average Bonchev–Trinajstić information content (AvgIpc) is 2.62. The second-order valence-corrected chi connectivity index (χ2v) is 4.96. The van der Waals surface area contributed by atoms with Gasteiger partial charge >= 0.3 is 0 Å². The largest absolute Gasteiger partial charge is 0.497 e. The number of carbonyl (C=O) groups excluding carboxylic acids is 1. The van der Waals surface area contributed by atoms with Crippen molar-refractivity contribution in [2.45, 2.75) is 0 Å². The van der Waals surface area contributed by atoms with Gasteiger partial charge in [0.1, 0.15) is 18.1 Å². The predicted octanol–water partition coefficient (Wildman–Crippen LogP) is 3.37. The first-order valence-electron chi connectivity index (χ1n) is 7.56. The number of hydrogen-bond acceptors (Lipinski definition) is 4. The Morgan fingerprint density at radius 3 is 2.25 bits per heavy atom. The van der Waals surface area contributed by atoms with E-state index < -0.39 is 0 Å². The molecule has 0 aliphatic rings. The van der Waals surface area contributed by atoms with Crippen LogP contribution in [0.4, 0.5) is 5.69 Å². The zero-order valence-corrected chi connectivity index (χ0v) is 13.8. The number of nitrogens with one attached hydrogen (secondary N) is 1. The van der Waals surface area contributed by atoms with Crippen molar-refractivity contribution >= 4 is 17.7 Å². The molecule has 0 spiro atoms. The minimum Gasteiger partial charge on any atom is -0.497 e. The van der Waals surface area contributed by atoms with Crippen molar-refractivity contribution in [1.29, 1.82) is 0 Å². The first-order valence-corrected chi connectivity index (χ1v) is 7.56. The zero-order valence-electron chi connectivity index (χ0n) is 13.8. The fraction of sp³-hybridized carbons (Fsp3) is 0.211. The monoisotopic (exact) mass is 327 g/mol. The van der Waals surface area contributed by atoms with E-state index in [0.29, 0.717) is 18.9 Å². The van der Waals surface area contributed by atoms with Crippen LogP contribution in [0.5, 0.6) is 11.5 Å². The normalized spacial score (nSPS) is 10.6. The van der Waals surface area contributed by atoms with Crippen molar-refractivity contribution in [3.05, 3.63) is 60.2 Å². The maximum atomic E-state index is 11.9. The molecule has 2 aromatic carbocycles. The summed E-state index contributed by atoms with van der Waals surface area (Å²) in [6.45, 7) is 1.03. The smallest absolute Gasteiger partial charge is 0.248 e. The summed E-state index contributed by atoms with van der Waals surface area (Å²) < 4.78 is 15.5. The van der Waals surface area contributed by atoms with Crippen LogP contribution in [0.2, 0.25) is 0 Å². The summed E-state index contributed by atoms with van der Waals surface area (Å²) >= 11 is 0. The van der Waals surface area contributed by atoms with Gasteiger partial charge in [-0.1, -0.05) is 12.1 Å². The molecule has 0 aliphatic heterocycles. The van der Waals surface area contributed by atoms with Gasteiger partial charge in [-0.05, 0) is 48.0 Å². The molecule has 0 aromatic heterocycles. The topological polar surface area (TPSA) is 56.8 Å². The molecule has 0 unspecified atom stereocenters. The molecule has 1 N–H and O–H groups in total. The van der Waals surface area contributed by atoms with Crippen LogP contribution in [0.3, 0.4) is 0 Å². The van der Waals surface area contributed by atoms with E-state index in [0.717, 1.165) is 17.1 Å². The number of hydrogen-bond donors (Lipinski definition) is 1. The van der Waals surface area contributed by atoms with Gasteiger partial charge in [-0.25, -0.2) is 0 Å². The van der Waals surface area contributed by atoms with Crippen LogP contribution in [-0.2, 0) is 9.53 Å². The average molecular weight is 327 g/mol. The molecule has 0 bridgehead atoms. The van der Waals surface area contributed by atoms with Crippen LogP contribution in [-0.4, -0.2) is 33.3 Å². The molecule has 0 saturated carbocycles. The van der Waals surface area contributed by atoms with E-state index in [1.165, 1.54) is 6.08 Å². The third-order valence-electron chi connectivity index (χ3n) is 3.22. The summed E-state index contributed by atoms with van der Waals surface area (Å²) in [7, 11) is 3.24. The number of benzene rings is 2. The van der Waals surface area contributed by atoms with E-state index in [1.807, 2.05) is 24.3 Å². The molecule has 5 nitrogen and oxygen atoms in total. The molecule has 24 heavy (non-hydrogen) atoms. The van der Waals surface area contributed by atoms with Crippen LogP contribution in [0.1, 0.15) is 5.56 Å². The summed E-state index contributed by atoms with van der Waals surface area (Å²) in [6, 6.07) is 14.7. The second kappa shape index (κ2) is 9.37. The van der Waals surface area contributed by atoms with Gasteiger partial charge in [-0.3, -0.25) is 4.79 Å². The van der Waals surface area contributed by atoms with Crippen LogP contribution in [0.15, 0.2) is 54.6 Å². The Morgan fingerprint density at radius 2 is 1.62 bits per heavy atom. The lowest BCUT2D eigenvalue weighted by Crippen LogP contribution is -2.08. The van der Waals surface area contributed by atoms with E-state index in [2.05, 4.69) is 5.32 Å². The van der Waals surface area contributed by atoms with Crippen molar-refractivity contribution in [2.24, 2.45) is 0 Å². The van der Waals surface area contributed by atoms with Gasteiger partial charge in [0.15, 0.2) is 0 Å². The molecule has 126 valence electrons. The van der Waals surface area contributed by atoms with Gasteiger partial charge in [0.05, 0.1) is 13.7 Å². The molecular formula is C19H21NO4. The standard InChI is InChI=1S/C19H21NO4/c1-22-13-14-24-18-10-6-16(7-11-18)20-19(21)12-5-15-3-8-17(23-2)9-4-15/h3-12H,13-14H2,1-2H3,(H,20,21)/b12-5+. The number of rotatable bonds is 8. The Kier molecular flexibility index (Phi) is 6.86. The molecule has 0 aliphatic carbocycles. The van der Waals surface area contributed by atoms with Gasteiger partial charge in [0.25, 0.3) is 0 Å². The molecular weight excluding hydrogens is 306 g/mol. The lowest BCUT2D eigenvalue weighted by molar-refractivity contribution is -0.111. The number of carbonyl (C=O) groups is 1. The molecule has 2 aromatic rings. The fourth-order valence-electron chi connectivity index (χ4n) is 1.95. The minimum absolute atomic E-state index is 0.195. The SMILES string of the molecule is COCCOc1ccc(NC(=O)/C=C/c2ccc(OC)cc2)cc1. The van der Waals surface area contributed by atoms with E-state index in [4.69, 9.17) is 14.2 Å². The third kappa shape index (κ3) is 5.78. The highest BCUT2D eigenvalue weighted by molar-refractivity contribution is 6.01. The number of ether oxygens (including phenoxy) is 3. The third-order valence-corrected chi connectivity index (χ3v) is 3.22. The summed E-state index contributed by atoms with van der Waals surface area (Å²) in [6.07, 6.45) is 3.24. The highest BCUT2D eigenvalue weighted by Gasteiger charge is 1.99. The maximum Gasteiger partial charge on any atom is 0.248 e. The van der Waals surface area contributed by atoms with Crippen LogP contribution < -0.4 is 14.8 Å². The number of amides is 1. The highest BCUT2D eigenvalue weighted by Crippen LogP contribution is 2.16. The van der Waals surface area contributed by atoms with E-state index in [1.54, 1.807) is 44.6 Å². The Hall–Kier alpha value is -2.79. The lowest BCUT2D eigenvalue weighted by atomic mass is 10.2. The Morgan fingerprint density at radius 1 is 0.958 bits per heavy atom. The first kappa shape index (κ1) is 17.6. The van der Waals surface area contributed by atoms with Crippen LogP contribution >= 0.6 is 0 Å². The Labute approximate surface area is 141 Å². The van der Waals surface area contributed by atoms with E-state index in [9.17, 15) is 4.79 Å². The van der Waals surface area contributed by atoms with Gasteiger partial charge in [-0.15, -0.1) is 0 Å². The molecule has 0 atom stereocenters. The van der Waals surface area contributed by atoms with Crippen molar-refractivity contribution in [1.82, 2.24) is 0 Å². The van der Waals surface area contributed by atoms with Crippen molar-refractivity contribution < 1.29 is 19.0 Å². The molecule has 0 fully saturated rings. The van der Waals surface area contributed by atoms with Gasteiger partial charge in [0, 0.05) is 18.9 Å². The highest BCUT2D eigenvalue weighted by atomic mass is 16.5. The van der Waals surface area contributed by atoms with E-state index in [-0.39, 0.29) is 5.91 Å². The van der Waals surface area contributed by atoms with Crippen molar-refractivity contribution in [3.63, 3.8) is 0 Å². The Balaban J connectivity index is 1.85. The first-order chi connectivity index (χ1) is 11.7. The summed E-state index contributed by atoms with van der Waals surface area (Å²) in [5.41, 5.74) is 1.63. The molecule has 5 heteroatoms. The number of methoxy groups -OCH3 is 2. The van der Waals surface area contributed by atoms with Crippen LogP contribution in [0, 0.1) is 0 Å². The quantitative estimate of drug-likeness (QED) is 0.596. The molecule has 0 heterocycles. The Bertz CT molecular complexity index is 663. The fourth-order valence-corrected chi connectivity index (χ4v) is 1.95. The van der Waals surface area contributed by atoms with Gasteiger partial charge in [-0.2, -0.15) is 0 Å². The second-order valence-electron chi connectivity index (χ2n) is 4.96. The maximum absolute atomic E-state index is 11.9. The molecule has 2 rings (SSSR count). The van der Waals surface area contributed by atoms with E-state index >= 15 is 0 Å². The summed E-state index contributed by atoms with van der Waals surface area (Å²) in [4.78, 5) is 11.9. The number of anilines is 1.